The lowest BCUT2D eigenvalue weighted by atomic mass is 9.79. The third-order valence-corrected chi connectivity index (χ3v) is 4.62. The lowest BCUT2D eigenvalue weighted by Gasteiger charge is -2.31. The van der Waals surface area contributed by atoms with Gasteiger partial charge >= 0.3 is 5.97 Å². The van der Waals surface area contributed by atoms with E-state index in [1.165, 1.54) is 0 Å². The molecule has 1 amide bonds. The van der Waals surface area contributed by atoms with Crippen LogP contribution in [0.1, 0.15) is 51.4 Å². The van der Waals surface area contributed by atoms with Crippen molar-refractivity contribution in [1.82, 2.24) is 4.90 Å². The van der Waals surface area contributed by atoms with Crippen LogP contribution in [0.2, 0.25) is 0 Å². The Bertz CT molecular complexity index is 349. The lowest BCUT2D eigenvalue weighted by Crippen LogP contribution is -2.40. The number of aliphatic hydroxyl groups excluding tert-OH is 1. The van der Waals surface area contributed by atoms with Gasteiger partial charge in [0.2, 0.25) is 5.91 Å². The molecule has 0 aromatic heterocycles. The number of aliphatic hydroxyl groups is 1. The Morgan fingerprint density at radius 2 is 1.84 bits per heavy atom. The molecule has 2 aliphatic rings. The normalized spacial score (nSPS) is 25.7. The summed E-state index contributed by atoms with van der Waals surface area (Å²) in [5.74, 6) is -0.783. The number of carbonyl (C=O) groups is 2. The fourth-order valence-electron chi connectivity index (χ4n) is 3.64. The van der Waals surface area contributed by atoms with E-state index in [9.17, 15) is 14.7 Å². The summed E-state index contributed by atoms with van der Waals surface area (Å²) in [7, 11) is 0. The highest BCUT2D eigenvalue weighted by atomic mass is 16.4. The van der Waals surface area contributed by atoms with Crippen LogP contribution in [0, 0.1) is 5.41 Å². The minimum atomic E-state index is -0.810. The van der Waals surface area contributed by atoms with Crippen molar-refractivity contribution in [3.8, 4) is 0 Å². The third kappa shape index (κ3) is 3.26. The molecule has 5 nitrogen and oxygen atoms in total. The molecule has 0 aromatic carbocycles. The molecule has 0 unspecified atom stereocenters. The van der Waals surface area contributed by atoms with Crippen molar-refractivity contribution in [2.24, 2.45) is 5.41 Å². The Morgan fingerprint density at radius 1 is 1.16 bits per heavy atom. The van der Waals surface area contributed by atoms with Crippen LogP contribution < -0.4 is 0 Å². The number of carboxylic acid groups (broad SMARTS) is 1. The molecule has 2 rings (SSSR count). The van der Waals surface area contributed by atoms with Gasteiger partial charge in [0.15, 0.2) is 0 Å². The van der Waals surface area contributed by atoms with E-state index in [1.807, 2.05) is 0 Å². The third-order valence-electron chi connectivity index (χ3n) is 4.62. The summed E-state index contributed by atoms with van der Waals surface area (Å²) in [5.41, 5.74) is -0.342. The van der Waals surface area contributed by atoms with Gasteiger partial charge in [-0.2, -0.15) is 0 Å². The molecule has 2 N–H and O–H groups in total. The van der Waals surface area contributed by atoms with E-state index in [2.05, 4.69) is 0 Å². The maximum atomic E-state index is 12.4. The zero-order valence-electron chi connectivity index (χ0n) is 11.3. The van der Waals surface area contributed by atoms with Gasteiger partial charge in [-0.15, -0.1) is 0 Å². The van der Waals surface area contributed by atoms with E-state index in [0.29, 0.717) is 13.0 Å². The topological polar surface area (TPSA) is 77.8 Å². The fraction of sp³-hybridized carbons (Fsp3) is 0.857. The van der Waals surface area contributed by atoms with Crippen LogP contribution in [0.25, 0.3) is 0 Å². The predicted molar refractivity (Wildman–Crippen MR) is 69.6 cm³/mol. The first-order chi connectivity index (χ1) is 9.06. The highest BCUT2D eigenvalue weighted by Gasteiger charge is 2.40. The maximum absolute atomic E-state index is 12.4. The van der Waals surface area contributed by atoms with Crippen LogP contribution >= 0.6 is 0 Å². The molecule has 0 bridgehead atoms. The van der Waals surface area contributed by atoms with E-state index in [1.54, 1.807) is 4.90 Å². The second kappa shape index (κ2) is 5.90. The van der Waals surface area contributed by atoms with Gasteiger partial charge in [0.1, 0.15) is 0 Å². The molecule has 1 aliphatic carbocycles. The maximum Gasteiger partial charge on any atom is 0.303 e. The lowest BCUT2D eigenvalue weighted by molar-refractivity contribution is -0.141. The summed E-state index contributed by atoms with van der Waals surface area (Å²) in [6.45, 7) is 0.713. The van der Waals surface area contributed by atoms with Gasteiger partial charge < -0.3 is 15.1 Å². The predicted octanol–water partition coefficient (Wildman–Crippen LogP) is 1.39. The molecule has 1 aliphatic heterocycles. The quantitative estimate of drug-likeness (QED) is 0.790. The Labute approximate surface area is 113 Å². The van der Waals surface area contributed by atoms with Gasteiger partial charge in [-0.1, -0.05) is 12.8 Å². The van der Waals surface area contributed by atoms with Crippen LogP contribution in [-0.2, 0) is 9.59 Å². The van der Waals surface area contributed by atoms with Crippen molar-refractivity contribution in [2.45, 2.75) is 57.4 Å². The standard InChI is InChI=1S/C14H23NO4/c16-10-11-4-3-7-15(11)12(17)8-14(9-13(18)19)5-1-2-6-14/h11,16H,1-10H2,(H,18,19)/t11-/m0/s1. The molecule has 5 heteroatoms. The number of aliphatic carboxylic acids is 1. The van der Waals surface area contributed by atoms with Gasteiger partial charge in [0.25, 0.3) is 0 Å². The minimum absolute atomic E-state index is 0.0116. The summed E-state index contributed by atoms with van der Waals surface area (Å²) in [4.78, 5) is 25.1. The van der Waals surface area contributed by atoms with Crippen LogP contribution in [0.4, 0.5) is 0 Å². The second-order valence-electron chi connectivity index (χ2n) is 6.02. The van der Waals surface area contributed by atoms with Gasteiger partial charge in [0.05, 0.1) is 19.1 Å². The molecular weight excluding hydrogens is 246 g/mol. The number of hydrogen-bond acceptors (Lipinski definition) is 3. The van der Waals surface area contributed by atoms with Crippen molar-refractivity contribution in [3.63, 3.8) is 0 Å². The Hall–Kier alpha value is -1.10. The van der Waals surface area contributed by atoms with Gasteiger partial charge in [-0.05, 0) is 31.1 Å². The average molecular weight is 269 g/mol. The Kier molecular flexibility index (Phi) is 4.45. The molecule has 0 aromatic rings. The summed E-state index contributed by atoms with van der Waals surface area (Å²) in [6, 6.07) is -0.0595. The summed E-state index contributed by atoms with van der Waals surface area (Å²) in [5, 5.41) is 18.3. The summed E-state index contributed by atoms with van der Waals surface area (Å²) < 4.78 is 0. The van der Waals surface area contributed by atoms with Crippen LogP contribution in [-0.4, -0.2) is 46.2 Å². The number of carboxylic acids is 1. The number of likely N-dealkylation sites (tertiary alicyclic amines) is 1. The molecule has 19 heavy (non-hydrogen) atoms. The first-order valence-electron chi connectivity index (χ1n) is 7.18. The van der Waals surface area contributed by atoms with Crippen molar-refractivity contribution < 1.29 is 19.8 Å². The van der Waals surface area contributed by atoms with Crippen molar-refractivity contribution in [3.05, 3.63) is 0 Å². The smallest absolute Gasteiger partial charge is 0.303 e. The molecule has 0 spiro atoms. The number of hydrogen-bond donors (Lipinski definition) is 2. The zero-order valence-corrected chi connectivity index (χ0v) is 11.3. The van der Waals surface area contributed by atoms with Crippen molar-refractivity contribution >= 4 is 11.9 Å². The van der Waals surface area contributed by atoms with Crippen molar-refractivity contribution in [2.75, 3.05) is 13.2 Å². The van der Waals surface area contributed by atoms with Crippen LogP contribution in [0.5, 0.6) is 0 Å². The molecule has 1 saturated carbocycles. The van der Waals surface area contributed by atoms with Crippen LogP contribution in [0.3, 0.4) is 0 Å². The molecule has 1 saturated heterocycles. The van der Waals surface area contributed by atoms with E-state index in [-0.39, 0.29) is 30.4 Å². The van der Waals surface area contributed by atoms with E-state index in [4.69, 9.17) is 5.11 Å². The SMILES string of the molecule is O=C(O)CC1(CC(=O)N2CCC[C@H]2CO)CCCC1. The number of rotatable bonds is 5. The fourth-order valence-corrected chi connectivity index (χ4v) is 3.64. The summed E-state index contributed by atoms with van der Waals surface area (Å²) >= 11 is 0. The molecule has 1 atom stereocenters. The molecule has 0 radical (unpaired) electrons. The largest absolute Gasteiger partial charge is 0.481 e. The zero-order chi connectivity index (χ0) is 13.9. The summed E-state index contributed by atoms with van der Waals surface area (Å²) in [6.07, 6.45) is 5.92. The minimum Gasteiger partial charge on any atom is -0.481 e. The number of carbonyl (C=O) groups excluding carboxylic acids is 1. The number of nitrogens with zero attached hydrogens (tertiary/aromatic N) is 1. The van der Waals surface area contributed by atoms with E-state index in [0.717, 1.165) is 38.5 Å². The number of amides is 1. The first kappa shape index (κ1) is 14.3. The highest BCUT2D eigenvalue weighted by Crippen LogP contribution is 2.44. The Morgan fingerprint density at radius 3 is 2.42 bits per heavy atom. The first-order valence-corrected chi connectivity index (χ1v) is 7.18. The van der Waals surface area contributed by atoms with Gasteiger partial charge in [0, 0.05) is 13.0 Å². The molecule has 1 heterocycles. The van der Waals surface area contributed by atoms with Gasteiger partial charge in [-0.3, -0.25) is 9.59 Å². The van der Waals surface area contributed by atoms with E-state index < -0.39 is 5.97 Å². The van der Waals surface area contributed by atoms with Gasteiger partial charge in [-0.25, -0.2) is 0 Å². The van der Waals surface area contributed by atoms with E-state index >= 15 is 0 Å². The molecule has 108 valence electrons. The molecular formula is C14H23NO4. The van der Waals surface area contributed by atoms with Crippen LogP contribution in [0.15, 0.2) is 0 Å². The highest BCUT2D eigenvalue weighted by molar-refractivity contribution is 5.79. The Balaban J connectivity index is 2.01. The second-order valence-corrected chi connectivity index (χ2v) is 6.02. The molecule has 2 fully saturated rings. The average Bonchev–Trinajstić information content (AvgIpc) is 2.96. The van der Waals surface area contributed by atoms with Crippen molar-refractivity contribution in [1.29, 1.82) is 0 Å². The monoisotopic (exact) mass is 269 g/mol.